The molecule has 2 aromatic rings. The number of thiazole rings is 1. The van der Waals surface area contributed by atoms with Gasteiger partial charge >= 0.3 is 0 Å². The van der Waals surface area contributed by atoms with Crippen LogP contribution in [0.5, 0.6) is 0 Å². The Kier molecular flexibility index (Phi) is 6.03. The van der Waals surface area contributed by atoms with Crippen molar-refractivity contribution < 1.29 is 14.0 Å². The molecule has 2 amide bonds. The Morgan fingerprint density at radius 3 is 2.71 bits per heavy atom. The maximum Gasteiger partial charge on any atom is 0.248 e. The van der Waals surface area contributed by atoms with E-state index in [1.807, 2.05) is 19.9 Å². The predicted octanol–water partition coefficient (Wildman–Crippen LogP) is 2.97. The highest BCUT2D eigenvalue weighted by Gasteiger charge is 2.23. The van der Waals surface area contributed by atoms with Crippen molar-refractivity contribution in [1.29, 1.82) is 0 Å². The number of hydrogen-bond donors (Lipinski definition) is 2. The van der Waals surface area contributed by atoms with Crippen molar-refractivity contribution in [2.45, 2.75) is 33.2 Å². The van der Waals surface area contributed by atoms with Crippen molar-refractivity contribution in [3.8, 4) is 0 Å². The van der Waals surface area contributed by atoms with Gasteiger partial charge in [0.2, 0.25) is 11.8 Å². The maximum absolute atomic E-state index is 13.2. The third-order valence-corrected chi connectivity index (χ3v) is 4.27. The summed E-state index contributed by atoms with van der Waals surface area (Å²) in [6.07, 6.45) is 2.21. The number of rotatable bonds is 6. The Hall–Kier alpha value is -2.28. The van der Waals surface area contributed by atoms with E-state index in [-0.39, 0.29) is 23.5 Å². The molecule has 0 unspecified atom stereocenters. The molecule has 1 aromatic heterocycles. The molecule has 24 heavy (non-hydrogen) atoms. The van der Waals surface area contributed by atoms with Crippen LogP contribution in [0, 0.1) is 11.7 Å². The summed E-state index contributed by atoms with van der Waals surface area (Å²) in [4.78, 5) is 28.6. The summed E-state index contributed by atoms with van der Waals surface area (Å²) in [6, 6.07) is 5.76. The van der Waals surface area contributed by atoms with Crippen LogP contribution < -0.4 is 10.6 Å². The normalized spacial score (nSPS) is 12.0. The molecule has 2 N–H and O–H groups in total. The first-order valence-electron chi connectivity index (χ1n) is 7.62. The number of benzene rings is 1. The summed E-state index contributed by atoms with van der Waals surface area (Å²) in [6.45, 7) is 5.10. The summed E-state index contributed by atoms with van der Waals surface area (Å²) < 4.78 is 13.2. The Balaban J connectivity index is 2.02. The minimum Gasteiger partial charge on any atom is -0.344 e. The number of aromatic nitrogens is 1. The molecule has 0 aliphatic heterocycles. The van der Waals surface area contributed by atoms with Crippen molar-refractivity contribution in [3.63, 3.8) is 0 Å². The molecule has 2 rings (SSSR count). The minimum atomic E-state index is -0.613. The number of nitrogens with one attached hydrogen (secondary N) is 2. The van der Waals surface area contributed by atoms with E-state index in [0.717, 1.165) is 10.4 Å². The van der Waals surface area contributed by atoms with Crippen LogP contribution in [0.1, 0.15) is 31.2 Å². The lowest BCUT2D eigenvalue weighted by atomic mass is 10.0. The number of halogens is 1. The highest BCUT2D eigenvalue weighted by molar-refractivity contribution is 7.15. The van der Waals surface area contributed by atoms with Crippen LogP contribution in [-0.2, 0) is 16.0 Å². The monoisotopic (exact) mass is 349 g/mol. The Labute approximate surface area is 144 Å². The van der Waals surface area contributed by atoms with Gasteiger partial charge in [-0.25, -0.2) is 9.37 Å². The molecule has 7 heteroatoms. The topological polar surface area (TPSA) is 71.1 Å². The van der Waals surface area contributed by atoms with Crippen LogP contribution >= 0.6 is 11.3 Å². The molecular weight excluding hydrogens is 329 g/mol. The maximum atomic E-state index is 13.2. The van der Waals surface area contributed by atoms with Gasteiger partial charge < -0.3 is 10.6 Å². The SMILES string of the molecule is CC(=O)N[C@H](C(=O)Nc1ncc(Cc2cccc(F)c2)s1)C(C)C. The molecule has 1 aromatic carbocycles. The van der Waals surface area contributed by atoms with Crippen molar-refractivity contribution in [2.24, 2.45) is 5.92 Å². The summed E-state index contributed by atoms with van der Waals surface area (Å²) in [5.74, 6) is -0.872. The second-order valence-electron chi connectivity index (χ2n) is 5.85. The zero-order chi connectivity index (χ0) is 17.7. The molecule has 1 atom stereocenters. The number of carbonyl (C=O) groups excluding carboxylic acids is 2. The predicted molar refractivity (Wildman–Crippen MR) is 92.4 cm³/mol. The van der Waals surface area contributed by atoms with E-state index in [4.69, 9.17) is 0 Å². The van der Waals surface area contributed by atoms with Gasteiger partial charge in [0, 0.05) is 24.4 Å². The molecule has 0 fully saturated rings. The van der Waals surface area contributed by atoms with Gasteiger partial charge in [0.05, 0.1) is 0 Å². The van der Waals surface area contributed by atoms with Crippen LogP contribution in [0.15, 0.2) is 30.5 Å². The van der Waals surface area contributed by atoms with Gasteiger partial charge in [0.1, 0.15) is 11.9 Å². The van der Waals surface area contributed by atoms with E-state index < -0.39 is 6.04 Å². The summed E-state index contributed by atoms with van der Waals surface area (Å²) >= 11 is 1.33. The number of carbonyl (C=O) groups is 2. The molecule has 128 valence electrons. The van der Waals surface area contributed by atoms with Gasteiger partial charge in [0.15, 0.2) is 5.13 Å². The van der Waals surface area contributed by atoms with Crippen LogP contribution in [0.25, 0.3) is 0 Å². The third kappa shape index (κ3) is 5.13. The van der Waals surface area contributed by atoms with Crippen molar-refractivity contribution in [3.05, 3.63) is 46.7 Å². The lowest BCUT2D eigenvalue weighted by Crippen LogP contribution is -2.46. The highest BCUT2D eigenvalue weighted by Crippen LogP contribution is 2.22. The number of nitrogens with zero attached hydrogens (tertiary/aromatic N) is 1. The fourth-order valence-electron chi connectivity index (χ4n) is 2.23. The quantitative estimate of drug-likeness (QED) is 0.842. The van der Waals surface area contributed by atoms with Gasteiger partial charge in [-0.15, -0.1) is 11.3 Å². The second kappa shape index (κ2) is 8.01. The van der Waals surface area contributed by atoms with Crippen LogP contribution in [0.4, 0.5) is 9.52 Å². The molecule has 5 nitrogen and oxygen atoms in total. The lowest BCUT2D eigenvalue weighted by Gasteiger charge is -2.20. The van der Waals surface area contributed by atoms with E-state index in [9.17, 15) is 14.0 Å². The molecule has 0 radical (unpaired) electrons. The average Bonchev–Trinajstić information content (AvgIpc) is 2.91. The molecule has 1 heterocycles. The first kappa shape index (κ1) is 18.1. The van der Waals surface area contributed by atoms with E-state index >= 15 is 0 Å². The van der Waals surface area contributed by atoms with Gasteiger partial charge in [-0.3, -0.25) is 9.59 Å². The largest absolute Gasteiger partial charge is 0.344 e. The lowest BCUT2D eigenvalue weighted by molar-refractivity contribution is -0.126. The van der Waals surface area contributed by atoms with Gasteiger partial charge in [0.25, 0.3) is 0 Å². The molecule has 0 aliphatic carbocycles. The summed E-state index contributed by atoms with van der Waals surface area (Å²) in [7, 11) is 0. The fourth-order valence-corrected chi connectivity index (χ4v) is 3.08. The summed E-state index contributed by atoms with van der Waals surface area (Å²) in [5, 5.41) is 5.82. The Bertz CT molecular complexity index is 730. The standard InChI is InChI=1S/C17H20FN3O2S/c1-10(2)15(20-11(3)22)16(23)21-17-19-9-14(24-17)8-12-5-4-6-13(18)7-12/h4-7,9-10,15H,8H2,1-3H3,(H,20,22)(H,19,21,23)/t15-/m0/s1. The third-order valence-electron chi connectivity index (χ3n) is 3.36. The zero-order valence-electron chi connectivity index (χ0n) is 13.8. The second-order valence-corrected chi connectivity index (χ2v) is 6.97. The minimum absolute atomic E-state index is 0.0411. The van der Waals surface area contributed by atoms with Gasteiger partial charge in [-0.1, -0.05) is 26.0 Å². The summed E-state index contributed by atoms with van der Waals surface area (Å²) in [5.41, 5.74) is 0.842. The van der Waals surface area contributed by atoms with Crippen LogP contribution in [-0.4, -0.2) is 22.8 Å². The highest BCUT2D eigenvalue weighted by atomic mass is 32.1. The van der Waals surface area contributed by atoms with E-state index in [0.29, 0.717) is 11.6 Å². The fraction of sp³-hybridized carbons (Fsp3) is 0.353. The Morgan fingerprint density at radius 1 is 1.33 bits per heavy atom. The van der Waals surface area contributed by atoms with Crippen LogP contribution in [0.2, 0.25) is 0 Å². The molecule has 0 bridgehead atoms. The number of hydrogen-bond acceptors (Lipinski definition) is 4. The van der Waals surface area contributed by atoms with Crippen molar-refractivity contribution in [1.82, 2.24) is 10.3 Å². The van der Waals surface area contributed by atoms with E-state index in [1.54, 1.807) is 12.3 Å². The number of amides is 2. The number of anilines is 1. The van der Waals surface area contributed by atoms with Gasteiger partial charge in [-0.2, -0.15) is 0 Å². The molecule has 0 saturated heterocycles. The Morgan fingerprint density at radius 2 is 2.08 bits per heavy atom. The van der Waals surface area contributed by atoms with Gasteiger partial charge in [-0.05, 0) is 23.6 Å². The van der Waals surface area contributed by atoms with Crippen molar-refractivity contribution in [2.75, 3.05) is 5.32 Å². The van der Waals surface area contributed by atoms with E-state index in [2.05, 4.69) is 15.6 Å². The molecule has 0 spiro atoms. The average molecular weight is 349 g/mol. The molecule has 0 saturated carbocycles. The molecule has 0 aliphatic rings. The van der Waals surface area contributed by atoms with E-state index in [1.165, 1.54) is 30.4 Å². The molecular formula is C17H20FN3O2S. The zero-order valence-corrected chi connectivity index (χ0v) is 14.6. The smallest absolute Gasteiger partial charge is 0.248 e. The van der Waals surface area contributed by atoms with Crippen LogP contribution in [0.3, 0.4) is 0 Å². The first-order valence-corrected chi connectivity index (χ1v) is 8.44. The van der Waals surface area contributed by atoms with Crippen molar-refractivity contribution >= 4 is 28.3 Å². The first-order chi connectivity index (χ1) is 11.3.